The number of anilines is 1. The van der Waals surface area contributed by atoms with Gasteiger partial charge in [0.15, 0.2) is 0 Å². The smallest absolute Gasteiger partial charge is 0.243 e. The van der Waals surface area contributed by atoms with E-state index < -0.39 is 11.4 Å². The summed E-state index contributed by atoms with van der Waals surface area (Å²) in [5, 5.41) is 3.10. The number of rotatable bonds is 3. The molecule has 0 aromatic heterocycles. The molecular weight excluding hydrogens is 255 g/mol. The monoisotopic (exact) mass is 278 g/mol. The van der Waals surface area contributed by atoms with Crippen molar-refractivity contribution in [3.8, 4) is 0 Å². The lowest BCUT2D eigenvalue weighted by molar-refractivity contribution is -0.125. The number of nitrogens with two attached hydrogens (primary N) is 1. The highest BCUT2D eigenvalue weighted by atomic mass is 19.1. The highest BCUT2D eigenvalue weighted by Gasteiger charge is 2.47. The largest absolute Gasteiger partial charge is 0.369 e. The number of primary amides is 1. The Kier molecular flexibility index (Phi) is 3.76. The summed E-state index contributed by atoms with van der Waals surface area (Å²) in [6.07, 6.45) is 2.30. The summed E-state index contributed by atoms with van der Waals surface area (Å²) >= 11 is 0. The summed E-state index contributed by atoms with van der Waals surface area (Å²) in [7, 11) is 0. The van der Waals surface area contributed by atoms with Gasteiger partial charge in [0, 0.05) is 0 Å². The molecule has 0 bridgehead atoms. The van der Waals surface area contributed by atoms with E-state index in [0.717, 1.165) is 6.42 Å². The second-order valence-electron chi connectivity index (χ2n) is 6.91. The van der Waals surface area contributed by atoms with Crippen LogP contribution in [0.4, 0.5) is 10.1 Å². The summed E-state index contributed by atoms with van der Waals surface area (Å²) in [5.41, 5.74) is 5.14. The molecule has 2 atom stereocenters. The second-order valence-corrected chi connectivity index (χ2v) is 6.91. The van der Waals surface area contributed by atoms with Gasteiger partial charge in [0.05, 0.1) is 5.69 Å². The Balaban J connectivity index is 2.36. The van der Waals surface area contributed by atoms with Gasteiger partial charge in [-0.2, -0.15) is 0 Å². The highest BCUT2D eigenvalue weighted by Crippen LogP contribution is 2.45. The Morgan fingerprint density at radius 3 is 2.55 bits per heavy atom. The van der Waals surface area contributed by atoms with Gasteiger partial charge in [-0.3, -0.25) is 4.79 Å². The van der Waals surface area contributed by atoms with Crippen LogP contribution in [0.15, 0.2) is 24.3 Å². The molecule has 0 aliphatic heterocycles. The number of carbonyl (C=O) groups excluding carboxylic acids is 1. The lowest BCUT2D eigenvalue weighted by Gasteiger charge is -2.46. The van der Waals surface area contributed by atoms with E-state index in [-0.39, 0.29) is 11.2 Å². The van der Waals surface area contributed by atoms with Crippen molar-refractivity contribution in [3.05, 3.63) is 30.1 Å². The Morgan fingerprint density at radius 2 is 2.00 bits per heavy atom. The number of benzene rings is 1. The van der Waals surface area contributed by atoms with Gasteiger partial charge in [-0.1, -0.05) is 32.9 Å². The molecule has 2 unspecified atom stereocenters. The molecule has 1 amide bonds. The SMILES string of the molecule is CC1CC(C)(C)CC(Nc2ccccc2F)(C(N)=O)C1. The predicted octanol–water partition coefficient (Wildman–Crippen LogP) is 3.31. The van der Waals surface area contributed by atoms with E-state index in [2.05, 4.69) is 26.1 Å². The highest BCUT2D eigenvalue weighted by molar-refractivity contribution is 5.88. The van der Waals surface area contributed by atoms with Crippen molar-refractivity contribution in [1.29, 1.82) is 0 Å². The third-order valence-electron chi connectivity index (χ3n) is 4.10. The van der Waals surface area contributed by atoms with Gasteiger partial charge in [-0.15, -0.1) is 0 Å². The first-order valence-corrected chi connectivity index (χ1v) is 7.07. The van der Waals surface area contributed by atoms with Crippen molar-refractivity contribution >= 4 is 11.6 Å². The van der Waals surface area contributed by atoms with Gasteiger partial charge in [0.2, 0.25) is 5.91 Å². The van der Waals surface area contributed by atoms with Gasteiger partial charge in [-0.05, 0) is 42.7 Å². The standard InChI is InChI=1S/C16H23FN2O/c1-11-8-15(2,3)10-16(9-11,14(18)20)19-13-7-5-4-6-12(13)17/h4-7,11,19H,8-10H2,1-3H3,(H2,18,20). The molecule has 1 aromatic carbocycles. The summed E-state index contributed by atoms with van der Waals surface area (Å²) < 4.78 is 13.9. The van der Waals surface area contributed by atoms with E-state index >= 15 is 0 Å². The van der Waals surface area contributed by atoms with Gasteiger partial charge >= 0.3 is 0 Å². The number of carbonyl (C=O) groups is 1. The first-order chi connectivity index (χ1) is 9.24. The maximum atomic E-state index is 13.9. The van der Waals surface area contributed by atoms with E-state index in [1.807, 2.05) is 0 Å². The molecule has 20 heavy (non-hydrogen) atoms. The number of halogens is 1. The molecule has 1 aliphatic carbocycles. The van der Waals surface area contributed by atoms with Gasteiger partial charge in [0.25, 0.3) is 0 Å². The molecule has 1 saturated carbocycles. The quantitative estimate of drug-likeness (QED) is 0.891. The lowest BCUT2D eigenvalue weighted by atomic mass is 9.64. The zero-order chi connectivity index (χ0) is 15.0. The number of amides is 1. The molecular formula is C16H23FN2O. The first kappa shape index (κ1) is 14.8. The van der Waals surface area contributed by atoms with Crippen molar-refractivity contribution in [2.24, 2.45) is 17.1 Å². The minimum atomic E-state index is -0.872. The van der Waals surface area contributed by atoms with Crippen molar-refractivity contribution in [3.63, 3.8) is 0 Å². The van der Waals surface area contributed by atoms with Crippen LogP contribution >= 0.6 is 0 Å². The van der Waals surface area contributed by atoms with Crippen LogP contribution in [0.2, 0.25) is 0 Å². The van der Waals surface area contributed by atoms with Crippen LogP contribution in [0.1, 0.15) is 40.0 Å². The van der Waals surface area contributed by atoms with Crippen LogP contribution in [-0.4, -0.2) is 11.4 Å². The number of hydrogen-bond acceptors (Lipinski definition) is 2. The fourth-order valence-corrected chi connectivity index (χ4v) is 3.74. The van der Waals surface area contributed by atoms with Gasteiger partial charge < -0.3 is 11.1 Å². The minimum absolute atomic E-state index is 0.00491. The Bertz CT molecular complexity index is 515. The van der Waals surface area contributed by atoms with Crippen LogP contribution in [0.3, 0.4) is 0 Å². The molecule has 1 fully saturated rings. The minimum Gasteiger partial charge on any atom is -0.369 e. The summed E-state index contributed by atoms with van der Waals surface area (Å²) in [6.45, 7) is 6.37. The molecule has 2 rings (SSSR count). The van der Waals surface area contributed by atoms with Gasteiger partial charge in [-0.25, -0.2) is 4.39 Å². The van der Waals surface area contributed by atoms with E-state index in [1.165, 1.54) is 6.07 Å². The average molecular weight is 278 g/mol. The second kappa shape index (κ2) is 5.08. The molecule has 4 heteroatoms. The summed E-state index contributed by atoms with van der Waals surface area (Å²) in [6, 6.07) is 6.41. The van der Waals surface area contributed by atoms with Crippen molar-refractivity contribution in [2.75, 3.05) is 5.32 Å². The van der Waals surface area contributed by atoms with E-state index in [1.54, 1.807) is 18.2 Å². The summed E-state index contributed by atoms with van der Waals surface area (Å²) in [4.78, 5) is 12.1. The fraction of sp³-hybridized carbons (Fsp3) is 0.562. The molecule has 0 spiro atoms. The third-order valence-corrected chi connectivity index (χ3v) is 4.10. The zero-order valence-corrected chi connectivity index (χ0v) is 12.4. The molecule has 0 radical (unpaired) electrons. The van der Waals surface area contributed by atoms with Crippen LogP contribution in [-0.2, 0) is 4.79 Å². The normalized spacial score (nSPS) is 28.9. The average Bonchev–Trinajstić information content (AvgIpc) is 2.29. The topological polar surface area (TPSA) is 55.1 Å². The van der Waals surface area contributed by atoms with E-state index in [4.69, 9.17) is 5.73 Å². The van der Waals surface area contributed by atoms with Crippen molar-refractivity contribution in [1.82, 2.24) is 0 Å². The fourth-order valence-electron chi connectivity index (χ4n) is 3.74. The maximum Gasteiger partial charge on any atom is 0.243 e. The number of para-hydroxylation sites is 1. The molecule has 110 valence electrons. The molecule has 0 saturated heterocycles. The molecule has 1 aliphatic rings. The van der Waals surface area contributed by atoms with Crippen LogP contribution in [0.25, 0.3) is 0 Å². The van der Waals surface area contributed by atoms with Crippen molar-refractivity contribution < 1.29 is 9.18 Å². The van der Waals surface area contributed by atoms with Crippen LogP contribution in [0, 0.1) is 17.2 Å². The van der Waals surface area contributed by atoms with E-state index in [0.29, 0.717) is 24.4 Å². The van der Waals surface area contributed by atoms with Crippen LogP contribution < -0.4 is 11.1 Å². The maximum absolute atomic E-state index is 13.9. The Morgan fingerprint density at radius 1 is 1.35 bits per heavy atom. The molecule has 3 N–H and O–H groups in total. The summed E-state index contributed by atoms with van der Waals surface area (Å²) in [5.74, 6) is -0.393. The lowest BCUT2D eigenvalue weighted by Crippen LogP contribution is -2.56. The van der Waals surface area contributed by atoms with Gasteiger partial charge in [0.1, 0.15) is 11.4 Å². The molecule has 0 heterocycles. The van der Waals surface area contributed by atoms with Crippen molar-refractivity contribution in [2.45, 2.75) is 45.6 Å². The predicted molar refractivity (Wildman–Crippen MR) is 78.7 cm³/mol. The first-order valence-electron chi connectivity index (χ1n) is 7.07. The Labute approximate surface area is 119 Å². The third kappa shape index (κ3) is 2.94. The zero-order valence-electron chi connectivity index (χ0n) is 12.4. The molecule has 1 aromatic rings. The number of hydrogen-bond donors (Lipinski definition) is 2. The number of nitrogens with one attached hydrogen (secondary N) is 1. The molecule has 3 nitrogen and oxygen atoms in total. The Hall–Kier alpha value is -1.58. The van der Waals surface area contributed by atoms with E-state index in [9.17, 15) is 9.18 Å². The van der Waals surface area contributed by atoms with Crippen LogP contribution in [0.5, 0.6) is 0 Å².